The van der Waals surface area contributed by atoms with Crippen molar-refractivity contribution < 1.29 is 28.7 Å². The van der Waals surface area contributed by atoms with E-state index in [1.807, 2.05) is 0 Å². The summed E-state index contributed by atoms with van der Waals surface area (Å²) in [5, 5.41) is 0. The molecule has 5 rings (SSSR count). The first-order valence-corrected chi connectivity index (χ1v) is 13.5. The zero-order chi connectivity index (χ0) is 27.8. The summed E-state index contributed by atoms with van der Waals surface area (Å²) < 4.78 is 5.30. The highest BCUT2D eigenvalue weighted by Gasteiger charge is 2.47. The molecule has 3 fully saturated rings. The van der Waals surface area contributed by atoms with Crippen LogP contribution in [0.15, 0.2) is 18.2 Å². The maximum absolute atomic E-state index is 13.3. The Morgan fingerprint density at radius 2 is 1.76 bits per heavy atom. The van der Waals surface area contributed by atoms with Gasteiger partial charge in [0, 0.05) is 36.6 Å². The summed E-state index contributed by atoms with van der Waals surface area (Å²) in [6.07, 6.45) is 5.97. The fourth-order valence-electron chi connectivity index (χ4n) is 6.22. The standard InChI is InChI=1S/C29H39N3O6/c1-28(2,3)38-24(34)8-7-22(25(30)35)32-16-20-15-19(5-6-21(20)26(32)36)23(33)17-31(4)27(37)29-12-9-18(10-13-29)11-14-29/h5-6,15,18,22H,7-14,16-17H2,1-4H3,(H2,30,35). The first-order valence-electron chi connectivity index (χ1n) is 13.5. The Hall–Kier alpha value is -3.23. The van der Waals surface area contributed by atoms with Gasteiger partial charge >= 0.3 is 5.97 Å². The number of ketones is 1. The SMILES string of the molecule is CN(CC(=O)c1ccc2c(c1)CN(C(CCC(=O)OC(C)(C)C)C(N)=O)C2=O)C(=O)C12CCC(CC1)CC2. The van der Waals surface area contributed by atoms with Crippen LogP contribution in [0.25, 0.3) is 0 Å². The van der Waals surface area contributed by atoms with Gasteiger partial charge in [0.25, 0.3) is 5.91 Å². The minimum atomic E-state index is -0.977. The van der Waals surface area contributed by atoms with Gasteiger partial charge in [-0.3, -0.25) is 24.0 Å². The molecule has 0 saturated heterocycles. The van der Waals surface area contributed by atoms with Crippen LogP contribution in [0.5, 0.6) is 0 Å². The lowest BCUT2D eigenvalue weighted by Crippen LogP contribution is -2.48. The summed E-state index contributed by atoms with van der Waals surface area (Å²) >= 11 is 0. The van der Waals surface area contributed by atoms with E-state index in [-0.39, 0.29) is 48.9 Å². The van der Waals surface area contributed by atoms with Gasteiger partial charge in [-0.05, 0) is 89.3 Å². The molecule has 1 atom stereocenters. The number of ether oxygens (including phenoxy) is 1. The zero-order valence-electron chi connectivity index (χ0n) is 22.9. The van der Waals surface area contributed by atoms with E-state index >= 15 is 0 Å². The highest BCUT2D eigenvalue weighted by Crippen LogP contribution is 2.51. The Morgan fingerprint density at radius 3 is 2.34 bits per heavy atom. The van der Waals surface area contributed by atoms with Crippen molar-refractivity contribution in [3.63, 3.8) is 0 Å². The van der Waals surface area contributed by atoms with Crippen LogP contribution < -0.4 is 5.73 Å². The maximum Gasteiger partial charge on any atom is 0.306 e. The third-order valence-corrected chi connectivity index (χ3v) is 8.28. The molecule has 3 amide bonds. The predicted molar refractivity (Wildman–Crippen MR) is 140 cm³/mol. The number of benzene rings is 1. The number of nitrogens with zero attached hydrogens (tertiary/aromatic N) is 2. The third kappa shape index (κ3) is 5.76. The van der Waals surface area contributed by atoms with Crippen molar-refractivity contribution in [2.24, 2.45) is 17.1 Å². The minimum Gasteiger partial charge on any atom is -0.460 e. The van der Waals surface area contributed by atoms with Gasteiger partial charge in [0.1, 0.15) is 11.6 Å². The molecule has 1 aliphatic heterocycles. The molecule has 9 nitrogen and oxygen atoms in total. The summed E-state index contributed by atoms with van der Waals surface area (Å²) in [6, 6.07) is 3.85. The van der Waals surface area contributed by atoms with E-state index in [1.54, 1.807) is 50.9 Å². The summed E-state index contributed by atoms with van der Waals surface area (Å²) in [6.45, 7) is 5.34. The van der Waals surface area contributed by atoms with Crippen molar-refractivity contribution in [1.29, 1.82) is 0 Å². The van der Waals surface area contributed by atoms with Crippen LogP contribution in [0.4, 0.5) is 0 Å². The number of esters is 1. The lowest BCUT2D eigenvalue weighted by atomic mass is 9.60. The third-order valence-electron chi connectivity index (χ3n) is 8.28. The molecule has 0 aromatic heterocycles. The Labute approximate surface area is 224 Å². The van der Waals surface area contributed by atoms with Crippen LogP contribution in [-0.4, -0.2) is 64.5 Å². The van der Waals surface area contributed by atoms with Crippen LogP contribution in [0.2, 0.25) is 0 Å². The molecule has 9 heteroatoms. The summed E-state index contributed by atoms with van der Waals surface area (Å²) in [7, 11) is 1.69. The molecule has 2 N–H and O–H groups in total. The summed E-state index contributed by atoms with van der Waals surface area (Å²) in [5.74, 6) is -0.946. The number of primary amides is 1. The average molecular weight is 526 g/mol. The lowest BCUT2D eigenvalue weighted by Gasteiger charge is -2.46. The lowest BCUT2D eigenvalue weighted by molar-refractivity contribution is -0.155. The van der Waals surface area contributed by atoms with Gasteiger partial charge in [-0.2, -0.15) is 0 Å². The minimum absolute atomic E-state index is 0.0275. The van der Waals surface area contributed by atoms with Gasteiger partial charge in [0.05, 0.1) is 6.54 Å². The van der Waals surface area contributed by atoms with Crippen LogP contribution in [-0.2, 0) is 25.7 Å². The van der Waals surface area contributed by atoms with E-state index in [4.69, 9.17) is 10.5 Å². The Bertz CT molecular complexity index is 1130. The van der Waals surface area contributed by atoms with E-state index in [0.29, 0.717) is 16.7 Å². The number of Topliss-reactive ketones (excluding diaryl/α,β-unsaturated/α-hetero) is 1. The topological polar surface area (TPSA) is 127 Å². The molecule has 1 heterocycles. The molecule has 1 aromatic rings. The highest BCUT2D eigenvalue weighted by atomic mass is 16.6. The second-order valence-corrected chi connectivity index (χ2v) is 12.2. The Morgan fingerprint density at radius 1 is 1.13 bits per heavy atom. The first-order chi connectivity index (χ1) is 17.8. The average Bonchev–Trinajstić information content (AvgIpc) is 3.18. The Kier molecular flexibility index (Phi) is 7.68. The smallest absolute Gasteiger partial charge is 0.306 e. The van der Waals surface area contributed by atoms with Gasteiger partial charge in [-0.15, -0.1) is 0 Å². The number of carbonyl (C=O) groups is 5. The van der Waals surface area contributed by atoms with Crippen molar-refractivity contribution in [3.05, 3.63) is 34.9 Å². The molecule has 1 unspecified atom stereocenters. The number of hydrogen-bond donors (Lipinski definition) is 1. The molecule has 2 bridgehead atoms. The molecule has 206 valence electrons. The molecule has 3 saturated carbocycles. The summed E-state index contributed by atoms with van der Waals surface area (Å²) in [5.41, 5.74) is 6.04. The van der Waals surface area contributed by atoms with Gasteiger partial charge in [0.2, 0.25) is 11.8 Å². The zero-order valence-corrected chi connectivity index (χ0v) is 22.9. The van der Waals surface area contributed by atoms with Crippen molar-refractivity contribution in [2.75, 3.05) is 13.6 Å². The van der Waals surface area contributed by atoms with E-state index < -0.39 is 23.5 Å². The number of fused-ring (bicyclic) bond motifs is 4. The second-order valence-electron chi connectivity index (χ2n) is 12.2. The molecule has 3 aliphatic carbocycles. The Balaban J connectivity index is 1.41. The molecule has 0 radical (unpaired) electrons. The fraction of sp³-hybridized carbons (Fsp3) is 0.621. The van der Waals surface area contributed by atoms with E-state index in [2.05, 4.69) is 0 Å². The van der Waals surface area contributed by atoms with Gasteiger partial charge in [-0.25, -0.2) is 0 Å². The first kappa shape index (κ1) is 27.8. The van der Waals surface area contributed by atoms with Crippen LogP contribution >= 0.6 is 0 Å². The van der Waals surface area contributed by atoms with Gasteiger partial charge < -0.3 is 20.3 Å². The monoisotopic (exact) mass is 525 g/mol. The number of likely N-dealkylation sites (N-methyl/N-ethyl adjacent to an activating group) is 1. The number of rotatable bonds is 9. The van der Waals surface area contributed by atoms with Crippen molar-refractivity contribution >= 4 is 29.5 Å². The highest BCUT2D eigenvalue weighted by molar-refractivity contribution is 6.04. The van der Waals surface area contributed by atoms with E-state index in [0.717, 1.165) is 44.4 Å². The largest absolute Gasteiger partial charge is 0.460 e. The summed E-state index contributed by atoms with van der Waals surface area (Å²) in [4.78, 5) is 66.8. The molecular weight excluding hydrogens is 486 g/mol. The number of nitrogens with two attached hydrogens (primary N) is 1. The molecule has 0 spiro atoms. The molecule has 4 aliphatic rings. The van der Waals surface area contributed by atoms with Crippen molar-refractivity contribution in [1.82, 2.24) is 9.80 Å². The van der Waals surface area contributed by atoms with Crippen molar-refractivity contribution in [3.8, 4) is 0 Å². The van der Waals surface area contributed by atoms with Gasteiger partial charge in [0.15, 0.2) is 5.78 Å². The molecule has 38 heavy (non-hydrogen) atoms. The number of carbonyl (C=O) groups excluding carboxylic acids is 5. The maximum atomic E-state index is 13.3. The van der Waals surface area contributed by atoms with E-state index in [9.17, 15) is 24.0 Å². The van der Waals surface area contributed by atoms with Crippen LogP contribution in [0.1, 0.15) is 98.4 Å². The number of hydrogen-bond acceptors (Lipinski definition) is 6. The predicted octanol–water partition coefficient (Wildman–Crippen LogP) is 3.23. The molecular formula is C29H39N3O6. The normalized spacial score (nSPS) is 23.1. The number of amides is 3. The quantitative estimate of drug-likeness (QED) is 0.390. The van der Waals surface area contributed by atoms with E-state index in [1.165, 1.54) is 4.90 Å². The molecule has 1 aromatic carbocycles. The van der Waals surface area contributed by atoms with Crippen LogP contribution in [0.3, 0.4) is 0 Å². The van der Waals surface area contributed by atoms with Crippen molar-refractivity contribution in [2.45, 2.75) is 90.3 Å². The fourth-order valence-corrected chi connectivity index (χ4v) is 6.22. The van der Waals surface area contributed by atoms with Gasteiger partial charge in [-0.1, -0.05) is 6.07 Å². The second kappa shape index (κ2) is 10.5. The van der Waals surface area contributed by atoms with Crippen LogP contribution in [0, 0.1) is 11.3 Å².